The third-order valence-corrected chi connectivity index (χ3v) is 6.52. The van der Waals surface area contributed by atoms with Crippen molar-refractivity contribution < 1.29 is 23.9 Å². The summed E-state index contributed by atoms with van der Waals surface area (Å²) in [7, 11) is 2.87. The fourth-order valence-corrected chi connectivity index (χ4v) is 4.60. The summed E-state index contributed by atoms with van der Waals surface area (Å²) in [4.78, 5) is 23.1. The van der Waals surface area contributed by atoms with E-state index in [9.17, 15) is 14.9 Å². The predicted molar refractivity (Wildman–Crippen MR) is 129 cm³/mol. The highest BCUT2D eigenvalue weighted by molar-refractivity contribution is 7.99. The molecule has 0 radical (unpaired) electrons. The van der Waals surface area contributed by atoms with E-state index in [1.807, 2.05) is 28.8 Å². The van der Waals surface area contributed by atoms with Gasteiger partial charge in [0.05, 0.1) is 36.7 Å². The quantitative estimate of drug-likeness (QED) is 0.184. The van der Waals surface area contributed by atoms with E-state index in [4.69, 9.17) is 9.47 Å². The van der Waals surface area contributed by atoms with Crippen LogP contribution in [0.5, 0.6) is 5.75 Å². The number of nitrogens with zero attached hydrogens (tertiary/aromatic N) is 4. The monoisotopic (exact) mass is 496 g/mol. The SMILES string of the molecule is COC(=O)/C=C/c1ccc(Sc2nnc(-c3ccc(OC)cc3)n2CC2CCCO2)c([N+](=O)[O-])c1. The lowest BCUT2D eigenvalue weighted by Crippen LogP contribution is -2.16. The average molecular weight is 497 g/mol. The van der Waals surface area contributed by atoms with Gasteiger partial charge in [0.1, 0.15) is 5.75 Å². The van der Waals surface area contributed by atoms with Crippen molar-refractivity contribution in [2.75, 3.05) is 20.8 Å². The Labute approximate surface area is 206 Å². The van der Waals surface area contributed by atoms with Gasteiger partial charge in [-0.1, -0.05) is 6.07 Å². The summed E-state index contributed by atoms with van der Waals surface area (Å²) in [6.07, 6.45) is 4.61. The lowest BCUT2D eigenvalue weighted by molar-refractivity contribution is -0.387. The summed E-state index contributed by atoms with van der Waals surface area (Å²) >= 11 is 1.17. The zero-order valence-electron chi connectivity index (χ0n) is 19.2. The molecule has 0 aliphatic carbocycles. The second-order valence-corrected chi connectivity index (χ2v) is 8.73. The molecule has 1 atom stereocenters. The van der Waals surface area contributed by atoms with Gasteiger partial charge < -0.3 is 14.2 Å². The van der Waals surface area contributed by atoms with Crippen LogP contribution in [0.3, 0.4) is 0 Å². The highest BCUT2D eigenvalue weighted by Crippen LogP contribution is 2.37. The standard InChI is InChI=1S/C24H24N4O6S/c1-32-18-9-7-17(8-10-18)23-25-26-24(27(23)15-19-4-3-13-34-19)35-21-11-5-16(6-12-22(29)33-2)14-20(21)28(30)31/h5-12,14,19H,3-4,13,15H2,1-2H3/b12-6+. The van der Waals surface area contributed by atoms with Crippen molar-refractivity contribution in [3.63, 3.8) is 0 Å². The lowest BCUT2D eigenvalue weighted by Gasteiger charge is -2.15. The van der Waals surface area contributed by atoms with Gasteiger partial charge in [-0.15, -0.1) is 10.2 Å². The van der Waals surface area contributed by atoms with Crippen molar-refractivity contribution in [3.05, 3.63) is 64.2 Å². The molecule has 2 aromatic carbocycles. The average Bonchev–Trinajstić information content (AvgIpc) is 3.53. The van der Waals surface area contributed by atoms with Crippen molar-refractivity contribution in [3.8, 4) is 17.1 Å². The van der Waals surface area contributed by atoms with Crippen LogP contribution in [0.4, 0.5) is 5.69 Å². The maximum absolute atomic E-state index is 11.8. The van der Waals surface area contributed by atoms with Crippen LogP contribution < -0.4 is 4.74 Å². The fraction of sp³-hybridized carbons (Fsp3) is 0.292. The summed E-state index contributed by atoms with van der Waals surface area (Å²) in [6.45, 7) is 1.24. The van der Waals surface area contributed by atoms with E-state index in [1.54, 1.807) is 19.2 Å². The number of hydrogen-bond acceptors (Lipinski definition) is 9. The number of hydrogen-bond donors (Lipinski definition) is 0. The van der Waals surface area contributed by atoms with Crippen LogP contribution in [0.1, 0.15) is 18.4 Å². The van der Waals surface area contributed by atoms with Gasteiger partial charge in [-0.2, -0.15) is 0 Å². The van der Waals surface area contributed by atoms with Crippen LogP contribution in [-0.4, -0.2) is 52.6 Å². The highest BCUT2D eigenvalue weighted by atomic mass is 32.2. The van der Waals surface area contributed by atoms with Crippen molar-refractivity contribution >= 4 is 29.5 Å². The first-order valence-corrected chi connectivity index (χ1v) is 11.7. The molecule has 11 heteroatoms. The van der Waals surface area contributed by atoms with Gasteiger partial charge in [0, 0.05) is 24.3 Å². The summed E-state index contributed by atoms with van der Waals surface area (Å²) in [5.74, 6) is 0.829. The van der Waals surface area contributed by atoms with E-state index in [0.29, 0.717) is 34.6 Å². The molecule has 1 aliphatic heterocycles. The minimum Gasteiger partial charge on any atom is -0.497 e. The van der Waals surface area contributed by atoms with Crippen LogP contribution in [0.15, 0.2) is 58.6 Å². The molecule has 0 amide bonds. The normalized spacial score (nSPS) is 15.4. The zero-order valence-corrected chi connectivity index (χ0v) is 20.1. The van der Waals surface area contributed by atoms with E-state index in [-0.39, 0.29) is 11.8 Å². The molecule has 3 aromatic rings. The number of ether oxygens (including phenoxy) is 3. The number of carbonyl (C=O) groups is 1. The molecule has 1 aliphatic rings. The van der Waals surface area contributed by atoms with Crippen LogP contribution in [-0.2, 0) is 20.8 Å². The Hall–Kier alpha value is -3.70. The van der Waals surface area contributed by atoms with E-state index in [1.165, 1.54) is 37.1 Å². The Morgan fingerprint density at radius 2 is 2.06 bits per heavy atom. The summed E-state index contributed by atoms with van der Waals surface area (Å²) in [5, 5.41) is 21.1. The topological polar surface area (TPSA) is 119 Å². The molecular formula is C24H24N4O6S. The largest absolute Gasteiger partial charge is 0.497 e. The van der Waals surface area contributed by atoms with Gasteiger partial charge in [0.25, 0.3) is 5.69 Å². The van der Waals surface area contributed by atoms with Crippen LogP contribution in [0.2, 0.25) is 0 Å². The minimum atomic E-state index is -0.542. The number of methoxy groups -OCH3 is 2. The van der Waals surface area contributed by atoms with Crippen molar-refractivity contribution in [2.45, 2.75) is 35.5 Å². The fourth-order valence-electron chi connectivity index (χ4n) is 3.67. The molecule has 0 bridgehead atoms. The first-order chi connectivity index (χ1) is 17.0. The summed E-state index contributed by atoms with van der Waals surface area (Å²) in [6, 6.07) is 12.2. The maximum atomic E-state index is 11.8. The smallest absolute Gasteiger partial charge is 0.330 e. The molecule has 182 valence electrons. The molecule has 1 unspecified atom stereocenters. The maximum Gasteiger partial charge on any atom is 0.330 e. The van der Waals surface area contributed by atoms with Crippen molar-refractivity contribution in [1.82, 2.24) is 14.8 Å². The van der Waals surface area contributed by atoms with Crippen LogP contribution >= 0.6 is 11.8 Å². The summed E-state index contributed by atoms with van der Waals surface area (Å²) in [5.41, 5.74) is 1.26. The van der Waals surface area contributed by atoms with E-state index in [2.05, 4.69) is 14.9 Å². The molecule has 2 heterocycles. The van der Waals surface area contributed by atoms with Gasteiger partial charge in [0.15, 0.2) is 11.0 Å². The summed E-state index contributed by atoms with van der Waals surface area (Å²) < 4.78 is 17.6. The van der Waals surface area contributed by atoms with Crippen LogP contribution in [0, 0.1) is 10.1 Å². The van der Waals surface area contributed by atoms with E-state index < -0.39 is 10.9 Å². The Morgan fingerprint density at radius 1 is 1.26 bits per heavy atom. The molecule has 4 rings (SSSR count). The molecule has 1 fully saturated rings. The molecule has 1 aromatic heterocycles. The number of nitro groups is 1. The second kappa shape index (κ2) is 11.2. The second-order valence-electron chi connectivity index (χ2n) is 7.72. The van der Waals surface area contributed by atoms with Gasteiger partial charge >= 0.3 is 5.97 Å². The number of aromatic nitrogens is 3. The molecule has 1 saturated heterocycles. The molecule has 35 heavy (non-hydrogen) atoms. The number of carbonyl (C=O) groups excluding carboxylic acids is 1. The Bertz CT molecular complexity index is 1240. The van der Waals surface area contributed by atoms with E-state index >= 15 is 0 Å². The van der Waals surface area contributed by atoms with Gasteiger partial charge in [-0.3, -0.25) is 14.7 Å². The number of rotatable bonds is 9. The Balaban J connectivity index is 1.68. The lowest BCUT2D eigenvalue weighted by atomic mass is 10.2. The van der Waals surface area contributed by atoms with E-state index in [0.717, 1.165) is 24.2 Å². The number of benzene rings is 2. The van der Waals surface area contributed by atoms with Gasteiger partial charge in [0.2, 0.25) is 0 Å². The predicted octanol–water partition coefficient (Wildman–Crippen LogP) is 4.38. The Morgan fingerprint density at radius 3 is 2.71 bits per heavy atom. The first kappa shape index (κ1) is 24.4. The molecule has 0 N–H and O–H groups in total. The van der Waals surface area contributed by atoms with Crippen molar-refractivity contribution in [1.29, 1.82) is 0 Å². The molecule has 0 spiro atoms. The zero-order chi connectivity index (χ0) is 24.8. The van der Waals surface area contributed by atoms with Gasteiger partial charge in [-0.05, 0) is 66.6 Å². The first-order valence-electron chi connectivity index (χ1n) is 10.9. The Kier molecular flexibility index (Phi) is 7.78. The third kappa shape index (κ3) is 5.87. The molecule has 0 saturated carbocycles. The molecule has 10 nitrogen and oxygen atoms in total. The minimum absolute atomic E-state index is 0.0168. The van der Waals surface area contributed by atoms with Crippen LogP contribution in [0.25, 0.3) is 17.5 Å². The number of nitro benzene ring substituents is 1. The van der Waals surface area contributed by atoms with Gasteiger partial charge in [-0.25, -0.2) is 4.79 Å². The van der Waals surface area contributed by atoms with Crippen molar-refractivity contribution in [2.24, 2.45) is 0 Å². The number of esters is 1. The molecular weight excluding hydrogens is 472 g/mol. The third-order valence-electron chi connectivity index (χ3n) is 5.47. The highest BCUT2D eigenvalue weighted by Gasteiger charge is 2.24.